The molecule has 0 saturated heterocycles. The molecule has 0 radical (unpaired) electrons. The number of nitriles is 1. The van der Waals surface area contributed by atoms with Crippen LogP contribution < -0.4 is 5.32 Å². The summed E-state index contributed by atoms with van der Waals surface area (Å²) in [4.78, 5) is 17.1. The summed E-state index contributed by atoms with van der Waals surface area (Å²) >= 11 is 0. The van der Waals surface area contributed by atoms with Crippen molar-refractivity contribution in [3.05, 3.63) is 29.6 Å². The molecule has 5 nitrogen and oxygen atoms in total. The first-order chi connectivity index (χ1) is 16.4. The number of carbonyl (C=O) groups excluding carboxylic acids is 1. The number of nitrogens with zero attached hydrogens (tertiary/aromatic N) is 2. The first kappa shape index (κ1) is 23.8. The third-order valence-corrected chi connectivity index (χ3v) is 10.6. The van der Waals surface area contributed by atoms with Gasteiger partial charge in [0, 0.05) is 26.0 Å². The Labute approximate surface area is 205 Å². The number of carbonyl (C=O) groups is 1. The summed E-state index contributed by atoms with van der Waals surface area (Å²) in [6.45, 7) is 5.68. The van der Waals surface area contributed by atoms with E-state index in [-0.39, 0.29) is 11.9 Å². The fraction of sp³-hybridized carbons (Fsp3) is 0.759. The predicted molar refractivity (Wildman–Crippen MR) is 132 cm³/mol. The zero-order valence-corrected chi connectivity index (χ0v) is 21.1. The van der Waals surface area contributed by atoms with Crippen molar-refractivity contribution in [3.8, 4) is 6.07 Å². The summed E-state index contributed by atoms with van der Waals surface area (Å²) in [6, 6.07) is 5.52. The zero-order chi connectivity index (χ0) is 23.9. The van der Waals surface area contributed by atoms with Crippen LogP contribution in [-0.4, -0.2) is 30.6 Å². The standard InChI is InChI=1S/C29H41N3O2/c1-18(32-28(33)27-11-5-20(15-30)16-31-27)25-9-10-26-24-8-6-21-14-19(17-34-3)4-7-22(21)23(24)12-13-29(25,26)2/h5,11,16,18-19,21-26H,4,6-10,12-14,17H2,1-3H3,(H,32,33)/t18-,19+,21-,22+,23?,24-,25?,26?,29-/m1/s1. The van der Waals surface area contributed by atoms with Crippen molar-refractivity contribution in [1.82, 2.24) is 10.3 Å². The lowest BCUT2D eigenvalue weighted by Gasteiger charge is -2.56. The SMILES string of the molecule is COC[C@H]1CC[C@@H]2C3CC[C@@]4(C)C(CCC4[C@@H](C)NC(=O)c4ccc(C#N)cn4)[C@@H]3CC[C@@H]2C1. The first-order valence-electron chi connectivity index (χ1n) is 13.6. The van der Waals surface area contributed by atoms with Crippen molar-refractivity contribution in [3.63, 3.8) is 0 Å². The molecule has 5 rings (SSSR count). The van der Waals surface area contributed by atoms with E-state index in [9.17, 15) is 4.79 Å². The molecule has 0 aromatic carbocycles. The van der Waals surface area contributed by atoms with Crippen LogP contribution in [0.1, 0.15) is 87.7 Å². The fourth-order valence-corrected chi connectivity index (χ4v) is 9.18. The highest BCUT2D eigenvalue weighted by Crippen LogP contribution is 2.64. The van der Waals surface area contributed by atoms with E-state index >= 15 is 0 Å². The molecule has 3 unspecified atom stereocenters. The maximum absolute atomic E-state index is 12.9. The van der Waals surface area contributed by atoms with Crippen molar-refractivity contribution >= 4 is 5.91 Å². The van der Waals surface area contributed by atoms with Gasteiger partial charge in [-0.3, -0.25) is 4.79 Å². The number of hydrogen-bond donors (Lipinski definition) is 1. The van der Waals surface area contributed by atoms with Gasteiger partial charge >= 0.3 is 0 Å². The fourth-order valence-electron chi connectivity index (χ4n) is 9.18. The molecule has 1 amide bonds. The lowest BCUT2D eigenvalue weighted by atomic mass is 9.49. The molecule has 4 aliphatic carbocycles. The zero-order valence-electron chi connectivity index (χ0n) is 21.1. The van der Waals surface area contributed by atoms with Gasteiger partial charge in [-0.15, -0.1) is 0 Å². The summed E-state index contributed by atoms with van der Waals surface area (Å²) < 4.78 is 5.49. The first-order valence-corrected chi connectivity index (χ1v) is 13.6. The van der Waals surface area contributed by atoms with Crippen molar-refractivity contribution in [2.75, 3.05) is 13.7 Å². The lowest BCUT2D eigenvalue weighted by Crippen LogP contribution is -2.51. The van der Waals surface area contributed by atoms with Gasteiger partial charge in [-0.1, -0.05) is 6.92 Å². The molecule has 4 aliphatic rings. The third kappa shape index (κ3) is 4.17. The molecule has 0 spiro atoms. The smallest absolute Gasteiger partial charge is 0.270 e. The van der Waals surface area contributed by atoms with Gasteiger partial charge in [-0.05, 0) is 124 Å². The Morgan fingerprint density at radius 2 is 2.00 bits per heavy atom. The number of pyridine rings is 1. The average Bonchev–Trinajstić information content (AvgIpc) is 3.21. The van der Waals surface area contributed by atoms with Crippen LogP contribution in [0.3, 0.4) is 0 Å². The third-order valence-electron chi connectivity index (χ3n) is 10.6. The van der Waals surface area contributed by atoms with Crippen LogP contribution in [0.4, 0.5) is 0 Å². The number of aromatic nitrogens is 1. The van der Waals surface area contributed by atoms with Crippen LogP contribution in [0.15, 0.2) is 18.3 Å². The second kappa shape index (κ2) is 9.61. The average molecular weight is 464 g/mol. The van der Waals surface area contributed by atoms with Crippen molar-refractivity contribution < 1.29 is 9.53 Å². The Morgan fingerprint density at radius 1 is 1.18 bits per heavy atom. The van der Waals surface area contributed by atoms with Crippen molar-refractivity contribution in [2.45, 2.75) is 77.7 Å². The highest BCUT2D eigenvalue weighted by molar-refractivity contribution is 5.92. The van der Waals surface area contributed by atoms with Gasteiger partial charge in [0.1, 0.15) is 11.8 Å². The maximum Gasteiger partial charge on any atom is 0.270 e. The van der Waals surface area contributed by atoms with Crippen molar-refractivity contribution in [2.24, 2.45) is 46.8 Å². The normalized spacial score (nSPS) is 39.8. The van der Waals surface area contributed by atoms with Crippen LogP contribution in [0, 0.1) is 58.2 Å². The lowest BCUT2D eigenvalue weighted by molar-refractivity contribution is -0.0742. The summed E-state index contributed by atoms with van der Waals surface area (Å²) in [5.41, 5.74) is 1.21. The number of nitrogens with one attached hydrogen (secondary N) is 1. The van der Waals surface area contributed by atoms with Gasteiger partial charge in [0.15, 0.2) is 0 Å². The van der Waals surface area contributed by atoms with E-state index in [1.54, 1.807) is 12.1 Å². The summed E-state index contributed by atoms with van der Waals surface area (Å²) in [7, 11) is 1.85. The molecule has 4 fully saturated rings. The van der Waals surface area contributed by atoms with Gasteiger partial charge in [0.05, 0.1) is 5.56 Å². The molecule has 5 heteroatoms. The van der Waals surface area contributed by atoms with Crippen LogP contribution in [0.5, 0.6) is 0 Å². The molecule has 184 valence electrons. The largest absolute Gasteiger partial charge is 0.384 e. The molecular weight excluding hydrogens is 422 g/mol. The van der Waals surface area contributed by atoms with Gasteiger partial charge in [-0.2, -0.15) is 5.26 Å². The summed E-state index contributed by atoms with van der Waals surface area (Å²) in [5.74, 6) is 5.66. The number of fused-ring (bicyclic) bond motifs is 5. The minimum absolute atomic E-state index is 0.119. The van der Waals surface area contributed by atoms with Gasteiger partial charge in [0.25, 0.3) is 5.91 Å². The molecule has 1 aromatic rings. The van der Waals surface area contributed by atoms with Crippen LogP contribution in [-0.2, 0) is 4.74 Å². The monoisotopic (exact) mass is 463 g/mol. The van der Waals surface area contributed by atoms with Gasteiger partial charge in [0.2, 0.25) is 0 Å². The predicted octanol–water partition coefficient (Wildman–Crippen LogP) is 5.60. The van der Waals surface area contributed by atoms with Gasteiger partial charge in [-0.25, -0.2) is 4.98 Å². The molecule has 0 aliphatic heterocycles. The highest BCUT2D eigenvalue weighted by atomic mass is 16.5. The molecule has 9 atom stereocenters. The van der Waals surface area contributed by atoms with Crippen molar-refractivity contribution in [1.29, 1.82) is 5.26 Å². The topological polar surface area (TPSA) is 75.0 Å². The summed E-state index contributed by atoms with van der Waals surface area (Å²) in [5, 5.41) is 12.3. The molecule has 1 N–H and O–H groups in total. The number of methoxy groups -OCH3 is 1. The van der Waals surface area contributed by atoms with Crippen LogP contribution >= 0.6 is 0 Å². The molecular formula is C29H41N3O2. The Morgan fingerprint density at radius 3 is 2.74 bits per heavy atom. The van der Waals surface area contributed by atoms with Crippen LogP contribution in [0.25, 0.3) is 0 Å². The van der Waals surface area contributed by atoms with E-state index in [2.05, 4.69) is 30.2 Å². The number of rotatable bonds is 5. The minimum atomic E-state index is -0.119. The van der Waals surface area contributed by atoms with Crippen LogP contribution in [0.2, 0.25) is 0 Å². The molecule has 1 aromatic heterocycles. The number of ether oxygens (including phenoxy) is 1. The molecule has 34 heavy (non-hydrogen) atoms. The summed E-state index contributed by atoms with van der Waals surface area (Å²) in [6.07, 6.45) is 13.7. The van der Waals surface area contributed by atoms with E-state index in [0.29, 0.717) is 22.6 Å². The maximum atomic E-state index is 12.9. The van der Waals surface area contributed by atoms with E-state index in [4.69, 9.17) is 10.00 Å². The second-order valence-corrected chi connectivity index (χ2v) is 12.1. The number of hydrogen-bond acceptors (Lipinski definition) is 4. The Kier molecular flexibility index (Phi) is 6.73. The molecule has 4 saturated carbocycles. The second-order valence-electron chi connectivity index (χ2n) is 12.1. The molecule has 1 heterocycles. The Balaban J connectivity index is 1.24. The van der Waals surface area contributed by atoms with E-state index in [1.807, 2.05) is 7.11 Å². The highest BCUT2D eigenvalue weighted by Gasteiger charge is 2.57. The molecule has 0 bridgehead atoms. The van der Waals surface area contributed by atoms with E-state index in [0.717, 1.165) is 42.1 Å². The van der Waals surface area contributed by atoms with Gasteiger partial charge < -0.3 is 10.1 Å². The minimum Gasteiger partial charge on any atom is -0.384 e. The number of amides is 1. The van der Waals surface area contributed by atoms with E-state index in [1.165, 1.54) is 64.0 Å². The quantitative estimate of drug-likeness (QED) is 0.616. The Bertz CT molecular complexity index is 924. The Hall–Kier alpha value is -1.93. The van der Waals surface area contributed by atoms with E-state index < -0.39 is 0 Å².